The van der Waals surface area contributed by atoms with Crippen LogP contribution in [0.15, 0.2) is 18.2 Å². The van der Waals surface area contributed by atoms with Gasteiger partial charge in [0.25, 0.3) is 0 Å². The van der Waals surface area contributed by atoms with Crippen LogP contribution in [0, 0.1) is 0 Å². The van der Waals surface area contributed by atoms with E-state index >= 15 is 0 Å². The maximum atomic E-state index is 12.3. The fourth-order valence-electron chi connectivity index (χ4n) is 3.06. The first-order valence-corrected chi connectivity index (χ1v) is 11.8. The Bertz CT molecular complexity index is 612. The Kier molecular flexibility index (Phi) is 14.5. The van der Waals surface area contributed by atoms with Crippen molar-refractivity contribution in [2.75, 3.05) is 6.61 Å². The van der Waals surface area contributed by atoms with Crippen LogP contribution in [0.2, 0.25) is 0 Å². The Morgan fingerprint density at radius 1 is 0.667 bits per heavy atom. The first kappa shape index (κ1) is 26.0. The number of hydrogen-bond acceptors (Lipinski definition) is 5. The fraction of sp³-hybridized carbons (Fsp3) is 0.680. The van der Waals surface area contributed by atoms with Gasteiger partial charge in [0.05, 0.1) is 6.61 Å². The SMILES string of the molecule is CCCCCCCOc1cccc(OC(=O)CCCCC)c1OC(=O)CCCCC. The lowest BCUT2D eigenvalue weighted by Gasteiger charge is -2.15. The first-order chi connectivity index (χ1) is 14.6. The summed E-state index contributed by atoms with van der Waals surface area (Å²) in [5.74, 6) is 0.280. The molecule has 0 spiro atoms. The van der Waals surface area contributed by atoms with Crippen molar-refractivity contribution in [1.29, 1.82) is 0 Å². The number of benzene rings is 1. The minimum Gasteiger partial charge on any atom is -0.490 e. The van der Waals surface area contributed by atoms with E-state index in [0.717, 1.165) is 51.4 Å². The van der Waals surface area contributed by atoms with Gasteiger partial charge in [-0.3, -0.25) is 9.59 Å². The number of carbonyl (C=O) groups is 2. The van der Waals surface area contributed by atoms with Gasteiger partial charge in [0, 0.05) is 12.8 Å². The second kappa shape index (κ2) is 16.7. The van der Waals surface area contributed by atoms with Gasteiger partial charge in [0.1, 0.15) is 0 Å². The number of unbranched alkanes of at least 4 members (excludes halogenated alkanes) is 8. The van der Waals surface area contributed by atoms with Gasteiger partial charge in [0.2, 0.25) is 5.75 Å². The Morgan fingerprint density at radius 3 is 1.83 bits per heavy atom. The van der Waals surface area contributed by atoms with Crippen molar-refractivity contribution in [1.82, 2.24) is 0 Å². The van der Waals surface area contributed by atoms with Gasteiger partial charge >= 0.3 is 11.9 Å². The van der Waals surface area contributed by atoms with Crippen molar-refractivity contribution >= 4 is 11.9 Å². The molecule has 0 bridgehead atoms. The largest absolute Gasteiger partial charge is 0.490 e. The highest BCUT2D eigenvalue weighted by atomic mass is 16.6. The van der Waals surface area contributed by atoms with E-state index in [2.05, 4.69) is 20.8 Å². The van der Waals surface area contributed by atoms with Gasteiger partial charge in [-0.25, -0.2) is 0 Å². The van der Waals surface area contributed by atoms with Crippen molar-refractivity contribution in [3.63, 3.8) is 0 Å². The van der Waals surface area contributed by atoms with Crippen molar-refractivity contribution in [3.8, 4) is 17.2 Å². The first-order valence-electron chi connectivity index (χ1n) is 11.8. The average Bonchev–Trinajstić information content (AvgIpc) is 2.73. The minimum absolute atomic E-state index is 0.219. The monoisotopic (exact) mass is 420 g/mol. The van der Waals surface area contributed by atoms with Gasteiger partial charge in [-0.05, 0) is 31.4 Å². The number of carbonyl (C=O) groups excluding carboxylic acids is 2. The van der Waals surface area contributed by atoms with E-state index in [4.69, 9.17) is 14.2 Å². The standard InChI is InChI=1S/C25H40O5/c1-4-7-10-11-14-20-28-21-16-15-17-22(29-23(26)18-12-8-5-2)25(21)30-24(27)19-13-9-6-3/h15-17H,4-14,18-20H2,1-3H3. The average molecular weight is 421 g/mol. The quantitative estimate of drug-likeness (QED) is 0.154. The van der Waals surface area contributed by atoms with Gasteiger partial charge in [-0.2, -0.15) is 0 Å². The number of hydrogen-bond donors (Lipinski definition) is 0. The van der Waals surface area contributed by atoms with Gasteiger partial charge in [-0.1, -0.05) is 78.2 Å². The number of esters is 2. The summed E-state index contributed by atoms with van der Waals surface area (Å²) in [4.78, 5) is 24.5. The third-order valence-electron chi connectivity index (χ3n) is 4.86. The zero-order valence-electron chi connectivity index (χ0n) is 19.2. The second-order valence-electron chi connectivity index (χ2n) is 7.71. The van der Waals surface area contributed by atoms with E-state index in [9.17, 15) is 9.59 Å². The van der Waals surface area contributed by atoms with E-state index in [1.54, 1.807) is 18.2 Å². The molecule has 0 saturated heterocycles. The molecular weight excluding hydrogens is 380 g/mol. The molecule has 0 atom stereocenters. The molecule has 1 rings (SSSR count). The summed E-state index contributed by atoms with van der Waals surface area (Å²) in [5, 5.41) is 0. The molecular formula is C25H40O5. The molecule has 0 heterocycles. The summed E-state index contributed by atoms with van der Waals surface area (Å²) in [7, 11) is 0. The van der Waals surface area contributed by atoms with E-state index in [0.29, 0.717) is 25.2 Å². The van der Waals surface area contributed by atoms with Crippen molar-refractivity contribution < 1.29 is 23.8 Å². The van der Waals surface area contributed by atoms with Crippen molar-refractivity contribution in [3.05, 3.63) is 18.2 Å². The lowest BCUT2D eigenvalue weighted by atomic mass is 10.2. The molecule has 0 aliphatic rings. The van der Waals surface area contributed by atoms with Crippen LogP contribution in [-0.2, 0) is 9.59 Å². The van der Waals surface area contributed by atoms with Crippen LogP contribution in [0.3, 0.4) is 0 Å². The van der Waals surface area contributed by atoms with Crippen molar-refractivity contribution in [2.24, 2.45) is 0 Å². The summed E-state index contributed by atoms with van der Waals surface area (Å²) in [6.45, 7) is 6.90. The molecule has 1 aromatic carbocycles. The smallest absolute Gasteiger partial charge is 0.311 e. The van der Waals surface area contributed by atoms with Gasteiger partial charge < -0.3 is 14.2 Å². The zero-order chi connectivity index (χ0) is 22.0. The highest BCUT2D eigenvalue weighted by Gasteiger charge is 2.19. The molecule has 0 fully saturated rings. The fourth-order valence-corrected chi connectivity index (χ4v) is 3.06. The van der Waals surface area contributed by atoms with E-state index in [-0.39, 0.29) is 23.4 Å². The molecule has 0 N–H and O–H groups in total. The normalized spacial score (nSPS) is 10.6. The topological polar surface area (TPSA) is 61.8 Å². The lowest BCUT2D eigenvalue weighted by Crippen LogP contribution is -2.13. The Balaban J connectivity index is 2.80. The third-order valence-corrected chi connectivity index (χ3v) is 4.86. The summed E-state index contributed by atoms with van der Waals surface area (Å²) in [6.07, 6.45) is 11.9. The Hall–Kier alpha value is -2.04. The van der Waals surface area contributed by atoms with Crippen LogP contribution in [-0.4, -0.2) is 18.5 Å². The maximum Gasteiger partial charge on any atom is 0.311 e. The van der Waals surface area contributed by atoms with E-state index in [1.807, 2.05) is 0 Å². The molecule has 0 saturated carbocycles. The molecule has 0 radical (unpaired) electrons. The number of ether oxygens (including phenoxy) is 3. The molecule has 170 valence electrons. The Labute approximate surface area is 182 Å². The zero-order valence-corrected chi connectivity index (χ0v) is 19.2. The molecule has 5 nitrogen and oxygen atoms in total. The highest BCUT2D eigenvalue weighted by Crippen LogP contribution is 2.38. The van der Waals surface area contributed by atoms with Crippen LogP contribution in [0.25, 0.3) is 0 Å². The van der Waals surface area contributed by atoms with Crippen LogP contribution < -0.4 is 14.2 Å². The minimum atomic E-state index is -0.328. The number of para-hydroxylation sites is 1. The summed E-state index contributed by atoms with van der Waals surface area (Å²) in [5.41, 5.74) is 0. The second-order valence-corrected chi connectivity index (χ2v) is 7.71. The Morgan fingerprint density at radius 2 is 1.20 bits per heavy atom. The molecule has 0 aliphatic heterocycles. The maximum absolute atomic E-state index is 12.3. The highest BCUT2D eigenvalue weighted by molar-refractivity contribution is 5.77. The number of rotatable bonds is 17. The lowest BCUT2D eigenvalue weighted by molar-refractivity contribution is -0.137. The molecule has 0 unspecified atom stereocenters. The van der Waals surface area contributed by atoms with Gasteiger partial charge in [0.15, 0.2) is 11.5 Å². The molecule has 0 amide bonds. The summed E-state index contributed by atoms with van der Waals surface area (Å²) in [6, 6.07) is 5.17. The molecule has 0 aromatic heterocycles. The van der Waals surface area contributed by atoms with E-state index < -0.39 is 0 Å². The van der Waals surface area contributed by atoms with Crippen LogP contribution in [0.5, 0.6) is 17.2 Å². The predicted octanol–water partition coefficient (Wildman–Crippen LogP) is 7.01. The van der Waals surface area contributed by atoms with Crippen LogP contribution in [0.4, 0.5) is 0 Å². The van der Waals surface area contributed by atoms with E-state index in [1.165, 1.54) is 19.3 Å². The van der Waals surface area contributed by atoms with Crippen molar-refractivity contribution in [2.45, 2.75) is 104 Å². The molecule has 0 aliphatic carbocycles. The third kappa shape index (κ3) is 11.2. The van der Waals surface area contributed by atoms with Crippen LogP contribution in [0.1, 0.15) is 104 Å². The molecule has 5 heteroatoms. The summed E-state index contributed by atoms with van der Waals surface area (Å²) < 4.78 is 17.0. The predicted molar refractivity (Wildman–Crippen MR) is 120 cm³/mol. The molecule has 1 aromatic rings. The molecule has 30 heavy (non-hydrogen) atoms. The van der Waals surface area contributed by atoms with Gasteiger partial charge in [-0.15, -0.1) is 0 Å². The summed E-state index contributed by atoms with van der Waals surface area (Å²) >= 11 is 0. The van der Waals surface area contributed by atoms with Crippen LogP contribution >= 0.6 is 0 Å².